The van der Waals surface area contributed by atoms with E-state index in [0.29, 0.717) is 18.7 Å². The zero-order valence-electron chi connectivity index (χ0n) is 9.42. The summed E-state index contributed by atoms with van der Waals surface area (Å²) in [6.07, 6.45) is 1.75. The number of methoxy groups -OCH3 is 1. The summed E-state index contributed by atoms with van der Waals surface area (Å²) in [6.45, 7) is 0.311. The molecule has 1 saturated heterocycles. The molecule has 0 aliphatic carbocycles. The molecule has 2 rings (SSSR count). The number of carboxylic acid groups (broad SMARTS) is 1. The number of nitrogens with zero attached hydrogens (tertiary/aromatic N) is 1. The van der Waals surface area contributed by atoms with Crippen LogP contribution in [0, 0.1) is 0 Å². The molecule has 6 heteroatoms. The minimum Gasteiger partial charge on any atom is -0.480 e. The fraction of sp³-hybridized carbons (Fsp3) is 0.455. The number of carboxylic acids is 1. The smallest absolute Gasteiger partial charge is 0.326 e. The number of aromatic nitrogens is 1. The zero-order chi connectivity index (χ0) is 12.4. The average Bonchev–Trinajstić information content (AvgIpc) is 2.97. The summed E-state index contributed by atoms with van der Waals surface area (Å²) >= 11 is 0. The van der Waals surface area contributed by atoms with Crippen LogP contribution in [0.15, 0.2) is 18.3 Å². The van der Waals surface area contributed by atoms with Crippen molar-refractivity contribution in [2.75, 3.05) is 13.7 Å². The summed E-state index contributed by atoms with van der Waals surface area (Å²) in [4.78, 5) is 27.3. The Morgan fingerprint density at radius 3 is 2.88 bits per heavy atom. The monoisotopic (exact) mass is 238 g/mol. The maximum Gasteiger partial charge on any atom is 0.326 e. The fourth-order valence-corrected chi connectivity index (χ4v) is 2.04. The Bertz CT molecular complexity index is 415. The van der Waals surface area contributed by atoms with Crippen molar-refractivity contribution >= 4 is 11.9 Å². The first-order valence-corrected chi connectivity index (χ1v) is 5.33. The van der Waals surface area contributed by atoms with Crippen molar-refractivity contribution in [3.05, 3.63) is 24.0 Å². The molecule has 1 fully saturated rings. The van der Waals surface area contributed by atoms with Gasteiger partial charge in [0.25, 0.3) is 5.91 Å². The van der Waals surface area contributed by atoms with Crippen molar-refractivity contribution in [1.29, 1.82) is 0 Å². The van der Waals surface area contributed by atoms with Crippen LogP contribution in [0.3, 0.4) is 0 Å². The number of nitrogens with one attached hydrogen (secondary N) is 1. The number of aromatic amines is 1. The molecule has 2 unspecified atom stereocenters. The van der Waals surface area contributed by atoms with Gasteiger partial charge in [0.2, 0.25) is 0 Å². The molecule has 0 bridgehead atoms. The van der Waals surface area contributed by atoms with Crippen LogP contribution >= 0.6 is 0 Å². The van der Waals surface area contributed by atoms with Crippen molar-refractivity contribution in [2.24, 2.45) is 0 Å². The molecule has 1 aliphatic rings. The lowest BCUT2D eigenvalue weighted by Crippen LogP contribution is -2.40. The lowest BCUT2D eigenvalue weighted by atomic mass is 10.2. The lowest BCUT2D eigenvalue weighted by molar-refractivity contribution is -0.141. The van der Waals surface area contributed by atoms with Crippen LogP contribution < -0.4 is 0 Å². The Hall–Kier alpha value is -1.82. The van der Waals surface area contributed by atoms with E-state index in [2.05, 4.69) is 4.98 Å². The van der Waals surface area contributed by atoms with Crippen LogP contribution in [0.2, 0.25) is 0 Å². The number of carbonyl (C=O) groups is 2. The molecule has 1 aromatic rings. The number of rotatable bonds is 3. The second-order valence-corrected chi connectivity index (χ2v) is 3.99. The number of hydrogen-bond donors (Lipinski definition) is 2. The molecule has 1 amide bonds. The Kier molecular flexibility index (Phi) is 3.14. The highest BCUT2D eigenvalue weighted by Gasteiger charge is 2.40. The van der Waals surface area contributed by atoms with Crippen LogP contribution in [0.5, 0.6) is 0 Å². The topological polar surface area (TPSA) is 82.6 Å². The van der Waals surface area contributed by atoms with E-state index in [1.54, 1.807) is 18.3 Å². The summed E-state index contributed by atoms with van der Waals surface area (Å²) in [5, 5.41) is 9.08. The van der Waals surface area contributed by atoms with Crippen molar-refractivity contribution in [3.63, 3.8) is 0 Å². The number of likely N-dealkylation sites (tertiary alicyclic amines) is 1. The highest BCUT2D eigenvalue weighted by atomic mass is 16.5. The predicted molar refractivity (Wildman–Crippen MR) is 58.7 cm³/mol. The van der Waals surface area contributed by atoms with Crippen LogP contribution in [-0.2, 0) is 9.53 Å². The van der Waals surface area contributed by atoms with Gasteiger partial charge < -0.3 is 19.7 Å². The van der Waals surface area contributed by atoms with Crippen LogP contribution in [0.25, 0.3) is 0 Å². The Labute approximate surface area is 98.2 Å². The van der Waals surface area contributed by atoms with Gasteiger partial charge in [-0.05, 0) is 12.1 Å². The van der Waals surface area contributed by atoms with Crippen molar-refractivity contribution in [3.8, 4) is 0 Å². The van der Waals surface area contributed by atoms with E-state index >= 15 is 0 Å². The van der Waals surface area contributed by atoms with E-state index in [-0.39, 0.29) is 12.0 Å². The second kappa shape index (κ2) is 4.58. The molecular weight excluding hydrogens is 224 g/mol. The van der Waals surface area contributed by atoms with Crippen molar-refractivity contribution in [1.82, 2.24) is 9.88 Å². The highest BCUT2D eigenvalue weighted by Crippen LogP contribution is 2.22. The third kappa shape index (κ3) is 2.16. The standard InChI is InChI=1S/C11H14N2O4/c1-17-7-5-9(11(15)16)13(6-7)10(14)8-3-2-4-12-8/h2-4,7,9,12H,5-6H2,1H3,(H,15,16). The molecule has 6 nitrogen and oxygen atoms in total. The van der Waals surface area contributed by atoms with Crippen molar-refractivity contribution in [2.45, 2.75) is 18.6 Å². The number of hydrogen-bond acceptors (Lipinski definition) is 3. The summed E-state index contributed by atoms with van der Waals surface area (Å²) in [6, 6.07) is 2.52. The van der Waals surface area contributed by atoms with Gasteiger partial charge in [-0.15, -0.1) is 0 Å². The van der Waals surface area contributed by atoms with Gasteiger partial charge in [0.15, 0.2) is 0 Å². The number of H-pyrrole nitrogens is 1. The van der Waals surface area contributed by atoms with Gasteiger partial charge in [-0.1, -0.05) is 0 Å². The molecule has 2 N–H and O–H groups in total. The first-order valence-electron chi connectivity index (χ1n) is 5.33. The largest absolute Gasteiger partial charge is 0.480 e. The minimum atomic E-state index is -0.996. The van der Waals surface area contributed by atoms with E-state index in [1.807, 2.05) is 0 Å². The summed E-state index contributed by atoms with van der Waals surface area (Å²) in [7, 11) is 1.52. The van der Waals surface area contributed by atoms with E-state index in [9.17, 15) is 9.59 Å². The summed E-state index contributed by atoms with van der Waals surface area (Å²) in [5.41, 5.74) is 0.396. The third-order valence-electron chi connectivity index (χ3n) is 2.97. The quantitative estimate of drug-likeness (QED) is 0.795. The normalized spacial score (nSPS) is 23.9. The predicted octanol–water partition coefficient (Wildman–Crippen LogP) is 0.329. The molecule has 0 aromatic carbocycles. The van der Waals surface area contributed by atoms with E-state index in [4.69, 9.17) is 9.84 Å². The van der Waals surface area contributed by atoms with Gasteiger partial charge in [-0.3, -0.25) is 4.79 Å². The molecule has 1 aliphatic heterocycles. The summed E-state index contributed by atoms with van der Waals surface area (Å²) < 4.78 is 5.12. The van der Waals surface area contributed by atoms with Crippen LogP contribution in [0.4, 0.5) is 0 Å². The number of carbonyl (C=O) groups excluding carboxylic acids is 1. The molecule has 92 valence electrons. The fourth-order valence-electron chi connectivity index (χ4n) is 2.04. The van der Waals surface area contributed by atoms with Gasteiger partial charge >= 0.3 is 5.97 Å². The van der Waals surface area contributed by atoms with Crippen molar-refractivity contribution < 1.29 is 19.4 Å². The lowest BCUT2D eigenvalue weighted by Gasteiger charge is -2.20. The first-order chi connectivity index (χ1) is 8.13. The molecule has 0 radical (unpaired) electrons. The SMILES string of the molecule is COC1CC(C(=O)O)N(C(=O)c2ccc[nH]2)C1. The van der Waals surface area contributed by atoms with E-state index in [0.717, 1.165) is 0 Å². The second-order valence-electron chi connectivity index (χ2n) is 3.99. The third-order valence-corrected chi connectivity index (χ3v) is 2.97. The maximum absolute atomic E-state index is 12.1. The Balaban J connectivity index is 2.18. The molecule has 2 atom stereocenters. The minimum absolute atomic E-state index is 0.213. The number of ether oxygens (including phenoxy) is 1. The van der Waals surface area contributed by atoms with Gasteiger partial charge in [-0.2, -0.15) is 0 Å². The van der Waals surface area contributed by atoms with Crippen LogP contribution in [0.1, 0.15) is 16.9 Å². The zero-order valence-corrected chi connectivity index (χ0v) is 9.42. The van der Waals surface area contributed by atoms with Gasteiger partial charge in [0, 0.05) is 26.3 Å². The first kappa shape index (κ1) is 11.7. The Morgan fingerprint density at radius 2 is 2.35 bits per heavy atom. The molecule has 2 heterocycles. The maximum atomic E-state index is 12.1. The van der Waals surface area contributed by atoms with Gasteiger partial charge in [0.05, 0.1) is 6.10 Å². The van der Waals surface area contributed by atoms with E-state index in [1.165, 1.54) is 12.0 Å². The van der Waals surface area contributed by atoms with E-state index < -0.39 is 12.0 Å². The van der Waals surface area contributed by atoms with Gasteiger partial charge in [0.1, 0.15) is 11.7 Å². The Morgan fingerprint density at radius 1 is 1.59 bits per heavy atom. The number of aliphatic carboxylic acids is 1. The summed E-state index contributed by atoms with van der Waals surface area (Å²) in [5.74, 6) is -1.30. The average molecular weight is 238 g/mol. The van der Waals surface area contributed by atoms with Crippen LogP contribution in [-0.4, -0.2) is 52.7 Å². The molecular formula is C11H14N2O4. The van der Waals surface area contributed by atoms with Gasteiger partial charge in [-0.25, -0.2) is 4.79 Å². The number of amides is 1. The molecule has 0 spiro atoms. The highest BCUT2D eigenvalue weighted by molar-refractivity contribution is 5.95. The molecule has 1 aromatic heterocycles. The molecule has 17 heavy (non-hydrogen) atoms. The molecule has 0 saturated carbocycles.